The first-order valence-electron chi connectivity index (χ1n) is 9.48. The van der Waals surface area contributed by atoms with Gasteiger partial charge in [-0.3, -0.25) is 9.59 Å². The normalized spacial score (nSPS) is 14.0. The number of Topliss-reactive ketones (excluding diaryl/α,β-unsaturated/α-hetero) is 1. The first-order valence-corrected chi connectivity index (χ1v) is 9.48. The molecule has 28 heavy (non-hydrogen) atoms. The highest BCUT2D eigenvalue weighted by Crippen LogP contribution is 2.30. The molecule has 2 aromatic carbocycles. The number of carbonyl (C=O) groups excluding carboxylic acids is 2. The van der Waals surface area contributed by atoms with Gasteiger partial charge in [-0.2, -0.15) is 0 Å². The van der Waals surface area contributed by atoms with Crippen LogP contribution in [0.25, 0.3) is 11.6 Å². The number of aliphatic hydroxyl groups excluding tert-OH is 1. The Balaban J connectivity index is 1.59. The molecular formula is C24H25NO3. The minimum absolute atomic E-state index is 0.132. The lowest BCUT2D eigenvalue weighted by molar-refractivity contribution is -0.119. The van der Waals surface area contributed by atoms with Crippen molar-refractivity contribution in [3.05, 3.63) is 82.9 Å². The third-order valence-corrected chi connectivity index (χ3v) is 5.00. The Labute approximate surface area is 165 Å². The minimum Gasteiger partial charge on any atom is -0.388 e. The Morgan fingerprint density at radius 3 is 2.61 bits per heavy atom. The van der Waals surface area contributed by atoms with E-state index in [4.69, 9.17) is 5.11 Å². The molecular weight excluding hydrogens is 350 g/mol. The van der Waals surface area contributed by atoms with Gasteiger partial charge in [0.1, 0.15) is 12.4 Å². The van der Waals surface area contributed by atoms with Gasteiger partial charge in [0, 0.05) is 6.54 Å². The summed E-state index contributed by atoms with van der Waals surface area (Å²) in [7, 11) is 0. The van der Waals surface area contributed by atoms with Gasteiger partial charge >= 0.3 is 0 Å². The van der Waals surface area contributed by atoms with E-state index in [1.54, 1.807) is 13.0 Å². The fraction of sp³-hybridized carbons (Fsp3) is 0.250. The van der Waals surface area contributed by atoms with E-state index in [1.165, 1.54) is 22.8 Å². The molecule has 144 valence electrons. The van der Waals surface area contributed by atoms with Crippen LogP contribution in [0, 0.1) is 0 Å². The summed E-state index contributed by atoms with van der Waals surface area (Å²) in [5, 5.41) is 12.1. The summed E-state index contributed by atoms with van der Waals surface area (Å²) < 4.78 is 0. The topological polar surface area (TPSA) is 66.4 Å². The van der Waals surface area contributed by atoms with Crippen LogP contribution in [0.15, 0.2) is 60.7 Å². The summed E-state index contributed by atoms with van der Waals surface area (Å²) in [5.74, 6) is -0.190. The van der Waals surface area contributed by atoms with Gasteiger partial charge in [0.15, 0.2) is 5.78 Å². The van der Waals surface area contributed by atoms with Gasteiger partial charge in [0.05, 0.1) is 6.04 Å². The van der Waals surface area contributed by atoms with E-state index in [2.05, 4.69) is 29.6 Å². The molecule has 4 heteroatoms. The Hall–Kier alpha value is -2.82. The number of rotatable bonds is 9. The van der Waals surface area contributed by atoms with E-state index in [0.29, 0.717) is 13.0 Å². The highest BCUT2D eigenvalue weighted by Gasteiger charge is 2.20. The number of allylic oxidation sites excluding steroid dienone is 1. The van der Waals surface area contributed by atoms with Crippen molar-refractivity contribution in [3.63, 3.8) is 0 Å². The SMILES string of the molecule is CC(=O)[C@H](CC1=CCc2ccccc21)NCc1ccc(/C=C/C(=O)CO)cc1. The number of aliphatic hydroxyl groups is 1. The Morgan fingerprint density at radius 2 is 1.89 bits per heavy atom. The molecule has 0 amide bonds. The molecule has 0 aliphatic heterocycles. The standard InChI is InChI=1S/C24H25NO3/c1-17(27)24(14-21-12-11-20-4-2-3-5-23(20)21)25-15-19-8-6-18(7-9-19)10-13-22(28)16-26/h2-10,12-13,24-26H,11,14-16H2,1H3/b13-10+/t24-/m0/s1. The molecule has 0 radical (unpaired) electrons. The van der Waals surface area contributed by atoms with Crippen LogP contribution < -0.4 is 5.32 Å². The first kappa shape index (κ1) is 19.9. The maximum atomic E-state index is 12.1. The van der Waals surface area contributed by atoms with E-state index in [-0.39, 0.29) is 17.6 Å². The first-order chi connectivity index (χ1) is 13.6. The largest absolute Gasteiger partial charge is 0.388 e. The summed E-state index contributed by atoms with van der Waals surface area (Å²) in [6, 6.07) is 15.9. The van der Waals surface area contributed by atoms with Crippen LogP contribution in [-0.2, 0) is 22.6 Å². The predicted octanol–water partition coefficient (Wildman–Crippen LogP) is 3.34. The molecule has 0 fully saturated rings. The van der Waals surface area contributed by atoms with E-state index in [1.807, 2.05) is 30.3 Å². The predicted molar refractivity (Wildman–Crippen MR) is 112 cm³/mol. The Bertz CT molecular complexity index is 910. The molecule has 0 heterocycles. The number of nitrogens with one attached hydrogen (secondary N) is 1. The zero-order valence-electron chi connectivity index (χ0n) is 16.0. The third-order valence-electron chi connectivity index (χ3n) is 5.00. The minimum atomic E-state index is -0.480. The maximum absolute atomic E-state index is 12.1. The second kappa shape index (κ2) is 9.40. The summed E-state index contributed by atoms with van der Waals surface area (Å²) in [4.78, 5) is 23.3. The second-order valence-electron chi connectivity index (χ2n) is 7.04. The van der Waals surface area contributed by atoms with E-state index < -0.39 is 6.61 Å². The van der Waals surface area contributed by atoms with E-state index >= 15 is 0 Å². The molecule has 0 spiro atoms. The van der Waals surface area contributed by atoms with Crippen LogP contribution in [0.1, 0.15) is 35.6 Å². The van der Waals surface area contributed by atoms with Gasteiger partial charge in [0.25, 0.3) is 0 Å². The molecule has 1 aliphatic carbocycles. The Kier molecular flexibility index (Phi) is 6.69. The van der Waals surface area contributed by atoms with E-state index in [0.717, 1.165) is 17.5 Å². The fourth-order valence-corrected chi connectivity index (χ4v) is 3.36. The number of carbonyl (C=O) groups is 2. The van der Waals surface area contributed by atoms with Crippen molar-refractivity contribution in [2.75, 3.05) is 6.61 Å². The van der Waals surface area contributed by atoms with Crippen LogP contribution in [0.3, 0.4) is 0 Å². The zero-order chi connectivity index (χ0) is 19.9. The van der Waals surface area contributed by atoms with Gasteiger partial charge in [0.2, 0.25) is 0 Å². The maximum Gasteiger partial charge on any atom is 0.181 e. The monoisotopic (exact) mass is 375 g/mol. The molecule has 3 rings (SSSR count). The highest BCUT2D eigenvalue weighted by atomic mass is 16.3. The highest BCUT2D eigenvalue weighted by molar-refractivity contribution is 5.94. The summed E-state index contributed by atoms with van der Waals surface area (Å²) in [6.45, 7) is 1.75. The van der Waals surface area contributed by atoms with E-state index in [9.17, 15) is 9.59 Å². The molecule has 0 bridgehead atoms. The van der Waals surface area contributed by atoms with Crippen molar-refractivity contribution in [2.24, 2.45) is 0 Å². The van der Waals surface area contributed by atoms with Gasteiger partial charge < -0.3 is 10.4 Å². The van der Waals surface area contributed by atoms with Crippen molar-refractivity contribution in [1.82, 2.24) is 5.32 Å². The smallest absolute Gasteiger partial charge is 0.181 e. The average molecular weight is 375 g/mol. The lowest BCUT2D eigenvalue weighted by Gasteiger charge is -2.17. The zero-order valence-corrected chi connectivity index (χ0v) is 16.0. The van der Waals surface area contributed by atoms with Crippen molar-refractivity contribution < 1.29 is 14.7 Å². The van der Waals surface area contributed by atoms with Crippen LogP contribution in [0.4, 0.5) is 0 Å². The fourth-order valence-electron chi connectivity index (χ4n) is 3.36. The molecule has 4 nitrogen and oxygen atoms in total. The van der Waals surface area contributed by atoms with Crippen molar-refractivity contribution in [3.8, 4) is 0 Å². The molecule has 2 aromatic rings. The number of benzene rings is 2. The van der Waals surface area contributed by atoms with Gasteiger partial charge in [-0.25, -0.2) is 0 Å². The number of ketones is 2. The molecule has 0 saturated heterocycles. The van der Waals surface area contributed by atoms with Gasteiger partial charge in [-0.15, -0.1) is 0 Å². The molecule has 0 saturated carbocycles. The third kappa shape index (κ3) is 5.12. The van der Waals surface area contributed by atoms with Crippen molar-refractivity contribution in [1.29, 1.82) is 0 Å². The van der Waals surface area contributed by atoms with Crippen molar-refractivity contribution in [2.45, 2.75) is 32.4 Å². The quantitative estimate of drug-likeness (QED) is 0.660. The Morgan fingerprint density at radius 1 is 1.14 bits per heavy atom. The van der Waals surface area contributed by atoms with Crippen LogP contribution >= 0.6 is 0 Å². The summed E-state index contributed by atoms with van der Waals surface area (Å²) in [5.41, 5.74) is 5.77. The molecule has 1 aliphatic rings. The molecule has 2 N–H and O–H groups in total. The van der Waals surface area contributed by atoms with Gasteiger partial charge in [-0.05, 0) is 53.7 Å². The summed E-state index contributed by atoms with van der Waals surface area (Å²) >= 11 is 0. The lowest BCUT2D eigenvalue weighted by atomic mass is 9.97. The van der Waals surface area contributed by atoms with Gasteiger partial charge in [-0.1, -0.05) is 60.7 Å². The number of hydrogen-bond acceptors (Lipinski definition) is 4. The van der Waals surface area contributed by atoms with Crippen molar-refractivity contribution >= 4 is 23.2 Å². The number of fused-ring (bicyclic) bond motifs is 1. The van der Waals surface area contributed by atoms with Crippen LogP contribution in [0.2, 0.25) is 0 Å². The lowest BCUT2D eigenvalue weighted by Crippen LogP contribution is -2.35. The van der Waals surface area contributed by atoms with Crippen LogP contribution in [-0.4, -0.2) is 29.3 Å². The molecule has 0 aromatic heterocycles. The van der Waals surface area contributed by atoms with Crippen LogP contribution in [0.5, 0.6) is 0 Å². The second-order valence-corrected chi connectivity index (χ2v) is 7.04. The summed E-state index contributed by atoms with van der Waals surface area (Å²) in [6.07, 6.45) is 6.89. The number of hydrogen-bond donors (Lipinski definition) is 2. The average Bonchev–Trinajstić information content (AvgIpc) is 3.12. The molecule has 1 atom stereocenters. The molecule has 0 unspecified atom stereocenters.